The van der Waals surface area contributed by atoms with Crippen LogP contribution in [0.4, 0.5) is 0 Å². The number of rotatable bonds is 3. The lowest BCUT2D eigenvalue weighted by molar-refractivity contribution is 0.713. The number of halogens is 1. The fraction of sp³-hybridized carbons (Fsp3) is 0.333. The van der Waals surface area contributed by atoms with E-state index in [0.717, 1.165) is 16.0 Å². The molecule has 2 N–H and O–H groups in total. The number of aromatic nitrogens is 3. The Labute approximate surface area is 109 Å². The summed E-state index contributed by atoms with van der Waals surface area (Å²) in [6.45, 7) is 4.56. The van der Waals surface area contributed by atoms with Gasteiger partial charge in [-0.2, -0.15) is 0 Å². The molecule has 0 aliphatic carbocycles. The highest BCUT2D eigenvalue weighted by Crippen LogP contribution is 2.19. The molecule has 0 unspecified atom stereocenters. The number of hydrogen-bond acceptors (Lipinski definition) is 3. The molecule has 17 heavy (non-hydrogen) atoms. The molecular formula is C12H15BrN4. The van der Waals surface area contributed by atoms with E-state index in [1.165, 1.54) is 0 Å². The van der Waals surface area contributed by atoms with Crippen molar-refractivity contribution in [2.24, 2.45) is 5.73 Å². The monoisotopic (exact) mass is 294 g/mol. The van der Waals surface area contributed by atoms with Crippen molar-refractivity contribution in [3.63, 3.8) is 0 Å². The van der Waals surface area contributed by atoms with Crippen molar-refractivity contribution in [3.8, 4) is 5.69 Å². The minimum atomic E-state index is 0.312. The predicted octanol–water partition coefficient (Wildman–Crippen LogP) is 2.61. The second-order valence-electron chi connectivity index (χ2n) is 4.13. The zero-order valence-electron chi connectivity index (χ0n) is 9.89. The van der Waals surface area contributed by atoms with E-state index in [9.17, 15) is 0 Å². The van der Waals surface area contributed by atoms with Crippen LogP contribution in [0.2, 0.25) is 0 Å². The van der Waals surface area contributed by atoms with Gasteiger partial charge in [-0.1, -0.05) is 29.8 Å². The molecular weight excluding hydrogens is 280 g/mol. The maximum absolute atomic E-state index is 5.59. The van der Waals surface area contributed by atoms with Gasteiger partial charge in [-0.05, 0) is 24.3 Å². The number of benzene rings is 1. The molecule has 0 spiro atoms. The molecule has 1 aromatic carbocycles. The van der Waals surface area contributed by atoms with E-state index in [-0.39, 0.29) is 0 Å². The first-order valence-corrected chi connectivity index (χ1v) is 6.33. The Hall–Kier alpha value is -1.20. The lowest BCUT2D eigenvalue weighted by Gasteiger charge is -2.07. The van der Waals surface area contributed by atoms with Crippen molar-refractivity contribution in [1.29, 1.82) is 0 Å². The molecule has 5 heteroatoms. The van der Waals surface area contributed by atoms with Gasteiger partial charge < -0.3 is 5.73 Å². The normalized spacial score (nSPS) is 11.1. The van der Waals surface area contributed by atoms with Gasteiger partial charge in [0.2, 0.25) is 0 Å². The van der Waals surface area contributed by atoms with Gasteiger partial charge in [-0.25, -0.2) is 9.67 Å². The molecule has 0 aliphatic heterocycles. The molecule has 1 heterocycles. The van der Waals surface area contributed by atoms with E-state index in [0.29, 0.717) is 18.3 Å². The van der Waals surface area contributed by atoms with Gasteiger partial charge in [0.25, 0.3) is 0 Å². The van der Waals surface area contributed by atoms with E-state index in [2.05, 4.69) is 39.9 Å². The standard InChI is InChI=1S/C12H15BrN4/c1-8(2)12-15-11(7-14)16-17(12)10-5-3-9(13)4-6-10/h3-6,8H,7,14H2,1-2H3. The van der Waals surface area contributed by atoms with Crippen LogP contribution < -0.4 is 5.73 Å². The minimum Gasteiger partial charge on any atom is -0.324 e. The number of nitrogens with zero attached hydrogens (tertiary/aromatic N) is 3. The molecule has 0 radical (unpaired) electrons. The molecule has 1 aromatic heterocycles. The van der Waals surface area contributed by atoms with Crippen molar-refractivity contribution in [2.75, 3.05) is 0 Å². The Balaban J connectivity index is 2.49. The molecule has 0 atom stereocenters. The van der Waals surface area contributed by atoms with Crippen LogP contribution in [-0.2, 0) is 6.54 Å². The van der Waals surface area contributed by atoms with Gasteiger partial charge in [-0.3, -0.25) is 0 Å². The van der Waals surface area contributed by atoms with E-state index in [4.69, 9.17) is 5.73 Å². The topological polar surface area (TPSA) is 56.7 Å². The lowest BCUT2D eigenvalue weighted by atomic mass is 10.2. The molecule has 2 aromatic rings. The van der Waals surface area contributed by atoms with Gasteiger partial charge in [0.1, 0.15) is 5.82 Å². The van der Waals surface area contributed by atoms with Crippen LogP contribution in [-0.4, -0.2) is 14.8 Å². The zero-order chi connectivity index (χ0) is 12.4. The van der Waals surface area contributed by atoms with Crippen LogP contribution in [0.3, 0.4) is 0 Å². The van der Waals surface area contributed by atoms with Crippen LogP contribution in [0.15, 0.2) is 28.7 Å². The Morgan fingerprint density at radius 1 is 1.29 bits per heavy atom. The quantitative estimate of drug-likeness (QED) is 0.947. The van der Waals surface area contributed by atoms with Gasteiger partial charge in [0.15, 0.2) is 5.82 Å². The summed E-state index contributed by atoms with van der Waals surface area (Å²) < 4.78 is 2.91. The first kappa shape index (κ1) is 12.3. The molecule has 0 aliphatic rings. The molecule has 0 saturated carbocycles. The largest absolute Gasteiger partial charge is 0.324 e. The Kier molecular flexibility index (Phi) is 3.59. The van der Waals surface area contributed by atoms with Gasteiger partial charge in [0.05, 0.1) is 12.2 Å². The summed E-state index contributed by atoms with van der Waals surface area (Å²) in [5.74, 6) is 1.93. The summed E-state index contributed by atoms with van der Waals surface area (Å²) in [4.78, 5) is 4.44. The summed E-state index contributed by atoms with van der Waals surface area (Å²) in [6, 6.07) is 7.99. The Morgan fingerprint density at radius 3 is 2.47 bits per heavy atom. The highest BCUT2D eigenvalue weighted by Gasteiger charge is 2.13. The third-order valence-electron chi connectivity index (χ3n) is 2.45. The highest BCUT2D eigenvalue weighted by molar-refractivity contribution is 9.10. The summed E-state index contributed by atoms with van der Waals surface area (Å²) in [6.07, 6.45) is 0. The molecule has 4 nitrogen and oxygen atoms in total. The molecule has 0 fully saturated rings. The second-order valence-corrected chi connectivity index (χ2v) is 5.05. The van der Waals surface area contributed by atoms with Crippen molar-refractivity contribution >= 4 is 15.9 Å². The number of nitrogens with two attached hydrogens (primary N) is 1. The SMILES string of the molecule is CC(C)c1nc(CN)nn1-c1ccc(Br)cc1. The van der Waals surface area contributed by atoms with Crippen LogP contribution in [0.1, 0.15) is 31.4 Å². The number of hydrogen-bond donors (Lipinski definition) is 1. The third-order valence-corrected chi connectivity index (χ3v) is 2.97. The third kappa shape index (κ3) is 2.56. The summed E-state index contributed by atoms with van der Waals surface area (Å²) in [5, 5.41) is 4.42. The molecule has 90 valence electrons. The average Bonchev–Trinajstić information content (AvgIpc) is 2.74. The van der Waals surface area contributed by atoms with Crippen LogP contribution >= 0.6 is 15.9 Å². The van der Waals surface area contributed by atoms with Gasteiger partial charge in [-0.15, -0.1) is 5.10 Å². The van der Waals surface area contributed by atoms with E-state index < -0.39 is 0 Å². The van der Waals surface area contributed by atoms with E-state index in [1.807, 2.05) is 28.9 Å². The Morgan fingerprint density at radius 2 is 1.94 bits per heavy atom. The van der Waals surface area contributed by atoms with Crippen molar-refractivity contribution in [1.82, 2.24) is 14.8 Å². The van der Waals surface area contributed by atoms with Crippen LogP contribution in [0.5, 0.6) is 0 Å². The fourth-order valence-corrected chi connectivity index (χ4v) is 1.87. The van der Waals surface area contributed by atoms with Crippen molar-refractivity contribution < 1.29 is 0 Å². The average molecular weight is 295 g/mol. The summed E-state index contributed by atoms with van der Waals surface area (Å²) in [5.41, 5.74) is 6.59. The first-order valence-electron chi connectivity index (χ1n) is 5.53. The van der Waals surface area contributed by atoms with Crippen molar-refractivity contribution in [2.45, 2.75) is 26.3 Å². The van der Waals surface area contributed by atoms with Crippen LogP contribution in [0.25, 0.3) is 5.69 Å². The minimum absolute atomic E-state index is 0.312. The predicted molar refractivity (Wildman–Crippen MR) is 71.0 cm³/mol. The zero-order valence-corrected chi connectivity index (χ0v) is 11.5. The van der Waals surface area contributed by atoms with E-state index in [1.54, 1.807) is 0 Å². The maximum atomic E-state index is 5.59. The molecule has 0 bridgehead atoms. The summed E-state index contributed by atoms with van der Waals surface area (Å²) >= 11 is 3.42. The Bertz CT molecular complexity index is 502. The van der Waals surface area contributed by atoms with Crippen molar-refractivity contribution in [3.05, 3.63) is 40.4 Å². The van der Waals surface area contributed by atoms with Gasteiger partial charge >= 0.3 is 0 Å². The van der Waals surface area contributed by atoms with Gasteiger partial charge in [0, 0.05) is 10.4 Å². The highest BCUT2D eigenvalue weighted by atomic mass is 79.9. The molecule has 0 amide bonds. The lowest BCUT2D eigenvalue weighted by Crippen LogP contribution is -2.04. The fourth-order valence-electron chi connectivity index (χ4n) is 1.60. The molecule has 2 rings (SSSR count). The first-order chi connectivity index (χ1) is 8.11. The van der Waals surface area contributed by atoms with Crippen LogP contribution in [0, 0.1) is 0 Å². The second kappa shape index (κ2) is 4.98. The maximum Gasteiger partial charge on any atom is 0.164 e. The molecule has 0 saturated heterocycles. The summed E-state index contributed by atoms with van der Waals surface area (Å²) in [7, 11) is 0. The smallest absolute Gasteiger partial charge is 0.164 e. The van der Waals surface area contributed by atoms with E-state index >= 15 is 0 Å².